The topological polar surface area (TPSA) is 65.2 Å². The van der Waals surface area contributed by atoms with Crippen LogP contribution in [0.4, 0.5) is 13.2 Å². The number of rotatable bonds is 12. The molecule has 0 spiro atoms. The van der Waals surface area contributed by atoms with Gasteiger partial charge in [-0.05, 0) is 37.1 Å². The summed E-state index contributed by atoms with van der Waals surface area (Å²) in [5.41, 5.74) is 4.58. The van der Waals surface area contributed by atoms with Gasteiger partial charge in [0, 0.05) is 36.8 Å². The van der Waals surface area contributed by atoms with E-state index in [-0.39, 0.29) is 6.42 Å². The molecule has 0 aliphatic heterocycles. The summed E-state index contributed by atoms with van der Waals surface area (Å²) in [6, 6.07) is 11.0. The third kappa shape index (κ3) is 7.41. The minimum absolute atomic E-state index is 0.0378. The second-order valence-electron chi connectivity index (χ2n) is 7.94. The van der Waals surface area contributed by atoms with Crippen LogP contribution in [0.15, 0.2) is 53.9 Å². The Labute approximate surface area is 196 Å². The second-order valence-corrected chi connectivity index (χ2v) is 7.94. The standard InChI is InChI=1S/C25H28F3N3O3/c1-3-11-33-12-13-34-30-18(2)20-8-10-31-23(17-29-24(31)16-20)21-6-4-5-19(14-21)15-22(32)7-9-25(26,27)28/h4-6,8,10,14,16-17H,3,7,9,11-13,15H2,1-2H3/b30-18+. The molecule has 6 nitrogen and oxygen atoms in total. The van der Waals surface area contributed by atoms with Crippen LogP contribution in [0.3, 0.4) is 0 Å². The number of ketones is 1. The molecule has 0 N–H and O–H groups in total. The summed E-state index contributed by atoms with van der Waals surface area (Å²) in [6.07, 6.45) is -1.42. The molecule has 0 saturated carbocycles. The number of imidazole rings is 1. The molecule has 0 saturated heterocycles. The van der Waals surface area contributed by atoms with E-state index in [1.807, 2.05) is 48.7 Å². The van der Waals surface area contributed by atoms with E-state index >= 15 is 0 Å². The van der Waals surface area contributed by atoms with Gasteiger partial charge in [-0.25, -0.2) is 4.98 Å². The Morgan fingerprint density at radius 3 is 2.74 bits per heavy atom. The van der Waals surface area contributed by atoms with E-state index in [0.717, 1.165) is 23.2 Å². The van der Waals surface area contributed by atoms with E-state index in [4.69, 9.17) is 9.57 Å². The summed E-state index contributed by atoms with van der Waals surface area (Å²) in [6.45, 7) is 5.45. The molecule has 9 heteroatoms. The summed E-state index contributed by atoms with van der Waals surface area (Å²) < 4.78 is 44.4. The number of nitrogens with zero attached hydrogens (tertiary/aromatic N) is 3. The van der Waals surface area contributed by atoms with Gasteiger partial charge in [0.1, 0.15) is 18.0 Å². The van der Waals surface area contributed by atoms with Crippen LogP contribution >= 0.6 is 0 Å². The average Bonchev–Trinajstić information content (AvgIpc) is 3.23. The highest BCUT2D eigenvalue weighted by molar-refractivity contribution is 5.99. The molecule has 0 radical (unpaired) electrons. The smallest absolute Gasteiger partial charge is 0.389 e. The molecule has 182 valence electrons. The second kappa shape index (κ2) is 11.8. The minimum atomic E-state index is -4.33. The molecule has 3 aromatic rings. The van der Waals surface area contributed by atoms with E-state index in [1.165, 1.54) is 0 Å². The van der Waals surface area contributed by atoms with Gasteiger partial charge >= 0.3 is 6.18 Å². The molecular weight excluding hydrogens is 447 g/mol. The lowest BCUT2D eigenvalue weighted by atomic mass is 10.0. The van der Waals surface area contributed by atoms with E-state index in [0.29, 0.717) is 36.7 Å². The van der Waals surface area contributed by atoms with Crippen LogP contribution in [-0.2, 0) is 20.8 Å². The number of benzene rings is 1. The molecule has 0 aliphatic carbocycles. The fourth-order valence-electron chi connectivity index (χ4n) is 3.39. The maximum absolute atomic E-state index is 12.4. The lowest BCUT2D eigenvalue weighted by molar-refractivity contribution is -0.143. The van der Waals surface area contributed by atoms with Crippen LogP contribution in [0.1, 0.15) is 44.2 Å². The first-order valence-electron chi connectivity index (χ1n) is 11.2. The third-order valence-corrected chi connectivity index (χ3v) is 5.11. The maximum Gasteiger partial charge on any atom is 0.389 e. The zero-order valence-corrected chi connectivity index (χ0v) is 19.3. The van der Waals surface area contributed by atoms with Gasteiger partial charge in [0.05, 0.1) is 30.6 Å². The Hall–Kier alpha value is -3.20. The molecule has 1 aromatic carbocycles. The van der Waals surface area contributed by atoms with Crippen molar-refractivity contribution in [3.8, 4) is 11.3 Å². The van der Waals surface area contributed by atoms with Crippen molar-refractivity contribution in [2.45, 2.75) is 45.7 Å². The summed E-state index contributed by atoms with van der Waals surface area (Å²) in [5.74, 6) is -0.439. The fraction of sp³-hybridized carbons (Fsp3) is 0.400. The van der Waals surface area contributed by atoms with Gasteiger partial charge in [0.15, 0.2) is 0 Å². The Morgan fingerprint density at radius 1 is 1.15 bits per heavy atom. The highest BCUT2D eigenvalue weighted by Crippen LogP contribution is 2.24. The van der Waals surface area contributed by atoms with E-state index in [2.05, 4.69) is 10.1 Å². The first-order valence-corrected chi connectivity index (χ1v) is 11.2. The summed E-state index contributed by atoms with van der Waals surface area (Å²) in [7, 11) is 0. The van der Waals surface area contributed by atoms with Crippen molar-refractivity contribution in [2.24, 2.45) is 5.16 Å². The summed E-state index contributed by atoms with van der Waals surface area (Å²) >= 11 is 0. The van der Waals surface area contributed by atoms with Crippen LogP contribution in [-0.4, -0.2) is 46.9 Å². The van der Waals surface area contributed by atoms with Crippen molar-refractivity contribution in [3.05, 3.63) is 59.9 Å². The van der Waals surface area contributed by atoms with Crippen molar-refractivity contribution in [1.29, 1.82) is 0 Å². The third-order valence-electron chi connectivity index (χ3n) is 5.11. The van der Waals surface area contributed by atoms with Gasteiger partial charge < -0.3 is 9.57 Å². The number of halogens is 3. The number of aromatic nitrogens is 2. The predicted molar refractivity (Wildman–Crippen MR) is 124 cm³/mol. The van der Waals surface area contributed by atoms with Gasteiger partial charge in [-0.2, -0.15) is 13.2 Å². The van der Waals surface area contributed by atoms with Gasteiger partial charge in [-0.3, -0.25) is 9.20 Å². The van der Waals surface area contributed by atoms with Gasteiger partial charge in [-0.15, -0.1) is 0 Å². The Balaban J connectivity index is 1.69. The Morgan fingerprint density at radius 2 is 1.97 bits per heavy atom. The first kappa shape index (κ1) is 25.4. The largest absolute Gasteiger partial charge is 0.393 e. The number of carbonyl (C=O) groups is 1. The summed E-state index contributed by atoms with van der Waals surface area (Å²) in [5, 5.41) is 4.13. The molecule has 0 amide bonds. The molecule has 34 heavy (non-hydrogen) atoms. The molecule has 0 unspecified atom stereocenters. The minimum Gasteiger partial charge on any atom is -0.393 e. The van der Waals surface area contributed by atoms with Gasteiger partial charge in [-0.1, -0.05) is 30.3 Å². The van der Waals surface area contributed by atoms with Crippen molar-refractivity contribution in [1.82, 2.24) is 9.38 Å². The Bertz CT molecular complexity index is 1140. The number of hydrogen-bond donors (Lipinski definition) is 0. The number of carbonyl (C=O) groups excluding carboxylic acids is 1. The number of Topliss-reactive ketones (excluding diaryl/α,β-unsaturated/α-hetero) is 1. The van der Waals surface area contributed by atoms with Crippen molar-refractivity contribution in [3.63, 3.8) is 0 Å². The van der Waals surface area contributed by atoms with Crippen LogP contribution in [0.5, 0.6) is 0 Å². The highest BCUT2D eigenvalue weighted by Gasteiger charge is 2.27. The number of hydrogen-bond acceptors (Lipinski definition) is 5. The lowest BCUT2D eigenvalue weighted by Crippen LogP contribution is -2.12. The van der Waals surface area contributed by atoms with Crippen LogP contribution in [0, 0.1) is 0 Å². The fourth-order valence-corrected chi connectivity index (χ4v) is 3.39. The molecule has 0 fully saturated rings. The maximum atomic E-state index is 12.4. The van der Waals surface area contributed by atoms with Gasteiger partial charge in [0.2, 0.25) is 0 Å². The zero-order valence-electron chi connectivity index (χ0n) is 19.3. The number of fused-ring (bicyclic) bond motifs is 1. The molecule has 0 atom stereocenters. The van der Waals surface area contributed by atoms with Gasteiger partial charge in [0.25, 0.3) is 0 Å². The van der Waals surface area contributed by atoms with Crippen molar-refractivity contribution >= 4 is 17.1 Å². The Kier molecular flexibility index (Phi) is 8.81. The number of ether oxygens (including phenoxy) is 1. The zero-order chi connectivity index (χ0) is 24.6. The molecule has 3 rings (SSSR count). The summed E-state index contributed by atoms with van der Waals surface area (Å²) in [4.78, 5) is 21.7. The van der Waals surface area contributed by atoms with E-state index < -0.39 is 24.8 Å². The normalized spacial score (nSPS) is 12.3. The number of alkyl halides is 3. The van der Waals surface area contributed by atoms with Crippen molar-refractivity contribution < 1.29 is 27.5 Å². The van der Waals surface area contributed by atoms with E-state index in [1.54, 1.807) is 18.3 Å². The molecule has 2 aromatic heterocycles. The van der Waals surface area contributed by atoms with Crippen LogP contribution < -0.4 is 0 Å². The average molecular weight is 476 g/mol. The molecular formula is C25H28F3N3O3. The first-order chi connectivity index (χ1) is 16.3. The van der Waals surface area contributed by atoms with E-state index in [9.17, 15) is 18.0 Å². The quantitative estimate of drug-likeness (QED) is 0.194. The van der Waals surface area contributed by atoms with Crippen LogP contribution in [0.25, 0.3) is 16.9 Å². The number of oxime groups is 1. The monoisotopic (exact) mass is 475 g/mol. The highest BCUT2D eigenvalue weighted by atomic mass is 19.4. The number of pyridine rings is 1. The molecule has 2 heterocycles. The molecule has 0 aliphatic rings. The SMILES string of the molecule is CCCOCCO/N=C(\C)c1ccn2c(-c3cccc(CC(=O)CCC(F)(F)F)c3)cnc2c1. The van der Waals surface area contributed by atoms with Crippen molar-refractivity contribution in [2.75, 3.05) is 19.8 Å². The van der Waals surface area contributed by atoms with Crippen LogP contribution in [0.2, 0.25) is 0 Å². The predicted octanol–water partition coefficient (Wildman–Crippen LogP) is 5.62. The molecule has 0 bridgehead atoms. The lowest BCUT2D eigenvalue weighted by Gasteiger charge is -2.08.